The number of amides is 1. The van der Waals surface area contributed by atoms with Gasteiger partial charge in [0, 0.05) is 30.7 Å². The third-order valence-electron chi connectivity index (χ3n) is 3.94. The van der Waals surface area contributed by atoms with Crippen LogP contribution in [0.3, 0.4) is 0 Å². The van der Waals surface area contributed by atoms with Gasteiger partial charge in [-0.05, 0) is 47.5 Å². The van der Waals surface area contributed by atoms with Gasteiger partial charge >= 0.3 is 0 Å². The predicted octanol–water partition coefficient (Wildman–Crippen LogP) is 3.48. The van der Waals surface area contributed by atoms with Crippen LogP contribution in [0, 0.1) is 17.1 Å². The van der Waals surface area contributed by atoms with Gasteiger partial charge in [-0.25, -0.2) is 4.39 Å². The first-order chi connectivity index (χ1) is 12.1. The minimum atomic E-state index is -0.411. The highest BCUT2D eigenvalue weighted by molar-refractivity contribution is 6.01. The van der Waals surface area contributed by atoms with Crippen LogP contribution in [0.15, 0.2) is 60.3 Å². The first kappa shape index (κ1) is 16.5. The second-order valence-corrected chi connectivity index (χ2v) is 5.64. The van der Waals surface area contributed by atoms with Gasteiger partial charge in [0.25, 0.3) is 5.91 Å². The van der Waals surface area contributed by atoms with Crippen LogP contribution in [0.2, 0.25) is 0 Å². The Hall–Kier alpha value is -3.39. The maximum absolute atomic E-state index is 13.3. The summed E-state index contributed by atoms with van der Waals surface area (Å²) in [5.41, 5.74) is 2.71. The average Bonchev–Trinajstić information content (AvgIpc) is 3.01. The summed E-state index contributed by atoms with van der Waals surface area (Å²) in [4.78, 5) is 11.6. The number of hydrogen-bond acceptors (Lipinski definition) is 2. The molecular weight excluding hydrogens is 317 g/mol. The largest absolute Gasteiger partial charge is 0.354 e. The molecule has 0 saturated heterocycles. The van der Waals surface area contributed by atoms with E-state index in [9.17, 15) is 9.18 Å². The van der Waals surface area contributed by atoms with E-state index in [-0.39, 0.29) is 11.4 Å². The highest BCUT2D eigenvalue weighted by Crippen LogP contribution is 2.21. The molecular formula is C20H16FN3O. The lowest BCUT2D eigenvalue weighted by atomic mass is 10.1. The molecule has 0 atom stereocenters. The molecule has 0 aliphatic carbocycles. The summed E-state index contributed by atoms with van der Waals surface area (Å²) in [7, 11) is 1.49. The fourth-order valence-electron chi connectivity index (χ4n) is 2.73. The minimum absolute atomic E-state index is 0.0565. The normalized spacial score (nSPS) is 11.3. The number of benzene rings is 2. The number of nitrogens with zero attached hydrogens (tertiary/aromatic N) is 2. The molecule has 2 aromatic carbocycles. The summed E-state index contributed by atoms with van der Waals surface area (Å²) in [5, 5.41) is 12.5. The van der Waals surface area contributed by atoms with Gasteiger partial charge in [0.2, 0.25) is 0 Å². The van der Waals surface area contributed by atoms with Crippen molar-refractivity contribution in [2.75, 3.05) is 7.05 Å². The van der Waals surface area contributed by atoms with E-state index >= 15 is 0 Å². The van der Waals surface area contributed by atoms with E-state index in [0.717, 1.165) is 22.0 Å². The zero-order valence-corrected chi connectivity index (χ0v) is 13.7. The van der Waals surface area contributed by atoms with Gasteiger partial charge in [0.1, 0.15) is 17.5 Å². The van der Waals surface area contributed by atoms with E-state index < -0.39 is 5.91 Å². The van der Waals surface area contributed by atoms with E-state index in [2.05, 4.69) is 5.32 Å². The molecule has 0 fully saturated rings. The zero-order valence-electron chi connectivity index (χ0n) is 13.7. The van der Waals surface area contributed by atoms with Crippen molar-refractivity contribution in [2.24, 2.45) is 0 Å². The van der Waals surface area contributed by atoms with Gasteiger partial charge in [-0.3, -0.25) is 4.79 Å². The molecule has 4 nitrogen and oxygen atoms in total. The van der Waals surface area contributed by atoms with Crippen LogP contribution in [0.5, 0.6) is 0 Å². The van der Waals surface area contributed by atoms with Gasteiger partial charge in [0.05, 0.1) is 0 Å². The van der Waals surface area contributed by atoms with Gasteiger partial charge in [-0.2, -0.15) is 5.26 Å². The van der Waals surface area contributed by atoms with E-state index in [4.69, 9.17) is 5.26 Å². The van der Waals surface area contributed by atoms with Crippen molar-refractivity contribution in [1.29, 1.82) is 5.26 Å². The van der Waals surface area contributed by atoms with Crippen LogP contribution in [-0.4, -0.2) is 17.5 Å². The molecule has 1 N–H and O–H groups in total. The van der Waals surface area contributed by atoms with Crippen LogP contribution < -0.4 is 5.32 Å². The van der Waals surface area contributed by atoms with Crippen LogP contribution in [0.1, 0.15) is 11.1 Å². The fourth-order valence-corrected chi connectivity index (χ4v) is 2.73. The molecule has 0 bridgehead atoms. The second-order valence-electron chi connectivity index (χ2n) is 5.64. The highest BCUT2D eigenvalue weighted by Gasteiger charge is 2.08. The molecule has 1 amide bonds. The molecule has 124 valence electrons. The van der Waals surface area contributed by atoms with Crippen LogP contribution in [0.25, 0.3) is 17.0 Å². The minimum Gasteiger partial charge on any atom is -0.354 e. The lowest BCUT2D eigenvalue weighted by Crippen LogP contribution is -2.19. The van der Waals surface area contributed by atoms with Crippen molar-refractivity contribution < 1.29 is 9.18 Å². The maximum Gasteiger partial charge on any atom is 0.261 e. The number of carbonyl (C=O) groups excluding carboxylic acids is 1. The summed E-state index contributed by atoms with van der Waals surface area (Å²) in [5.74, 6) is -0.661. The predicted molar refractivity (Wildman–Crippen MR) is 95.1 cm³/mol. The van der Waals surface area contributed by atoms with Crippen molar-refractivity contribution in [2.45, 2.75) is 6.54 Å². The summed E-state index contributed by atoms with van der Waals surface area (Å²) < 4.78 is 15.4. The number of halogens is 1. The maximum atomic E-state index is 13.3. The summed E-state index contributed by atoms with van der Waals surface area (Å²) in [6.45, 7) is 0.568. The number of fused-ring (bicyclic) bond motifs is 1. The van der Waals surface area contributed by atoms with Gasteiger partial charge in [-0.15, -0.1) is 0 Å². The SMILES string of the molecule is CNC(=O)/C(C#N)=C/c1ccc2c(ccn2Cc2cccc(F)c2)c1. The smallest absolute Gasteiger partial charge is 0.261 e. The Kier molecular flexibility index (Phi) is 4.62. The van der Waals surface area contributed by atoms with E-state index in [0.29, 0.717) is 6.54 Å². The number of carbonyl (C=O) groups is 1. The third-order valence-corrected chi connectivity index (χ3v) is 3.94. The Morgan fingerprint density at radius 1 is 1.28 bits per heavy atom. The summed E-state index contributed by atoms with van der Waals surface area (Å²) in [6.07, 6.45) is 3.50. The first-order valence-corrected chi connectivity index (χ1v) is 7.78. The van der Waals surface area contributed by atoms with Crippen molar-refractivity contribution in [3.05, 3.63) is 77.2 Å². The Morgan fingerprint density at radius 3 is 2.84 bits per heavy atom. The number of likely N-dealkylation sites (N-methyl/N-ethyl adjacent to an activating group) is 1. The number of nitrogens with one attached hydrogen (secondary N) is 1. The van der Waals surface area contributed by atoms with Crippen molar-refractivity contribution in [3.8, 4) is 6.07 Å². The second kappa shape index (κ2) is 7.02. The number of aromatic nitrogens is 1. The molecule has 3 aromatic rings. The topological polar surface area (TPSA) is 57.8 Å². The van der Waals surface area contributed by atoms with Crippen molar-refractivity contribution in [3.63, 3.8) is 0 Å². The number of nitriles is 1. The van der Waals surface area contributed by atoms with Gasteiger partial charge in [-0.1, -0.05) is 18.2 Å². The molecule has 0 saturated carbocycles. The summed E-state index contributed by atoms with van der Waals surface area (Å²) in [6, 6.07) is 16.1. The monoisotopic (exact) mass is 333 g/mol. The molecule has 25 heavy (non-hydrogen) atoms. The lowest BCUT2D eigenvalue weighted by Gasteiger charge is -2.06. The Morgan fingerprint density at radius 2 is 2.12 bits per heavy atom. The summed E-state index contributed by atoms with van der Waals surface area (Å²) >= 11 is 0. The molecule has 1 heterocycles. The molecule has 0 radical (unpaired) electrons. The zero-order chi connectivity index (χ0) is 17.8. The Balaban J connectivity index is 1.92. The lowest BCUT2D eigenvalue weighted by molar-refractivity contribution is -0.116. The first-order valence-electron chi connectivity index (χ1n) is 7.78. The molecule has 0 spiro atoms. The molecule has 5 heteroatoms. The molecule has 0 aliphatic rings. The van der Waals surface area contributed by atoms with Crippen molar-refractivity contribution in [1.82, 2.24) is 9.88 Å². The van der Waals surface area contributed by atoms with Crippen LogP contribution in [-0.2, 0) is 11.3 Å². The van der Waals surface area contributed by atoms with Gasteiger partial charge < -0.3 is 9.88 Å². The standard InChI is InChI=1S/C20H16FN3O/c1-23-20(25)17(12-22)10-14-5-6-19-16(9-14)7-8-24(19)13-15-3-2-4-18(21)11-15/h2-11H,13H2,1H3,(H,23,25)/b17-10+. The number of hydrogen-bond donors (Lipinski definition) is 1. The van der Waals surface area contributed by atoms with E-state index in [1.807, 2.05) is 47.2 Å². The van der Waals surface area contributed by atoms with Crippen molar-refractivity contribution >= 4 is 22.9 Å². The average molecular weight is 333 g/mol. The molecule has 0 unspecified atom stereocenters. The molecule has 3 rings (SSSR count). The number of rotatable bonds is 4. The van der Waals surface area contributed by atoms with E-state index in [1.165, 1.54) is 19.2 Å². The Labute approximate surface area is 144 Å². The van der Waals surface area contributed by atoms with E-state index in [1.54, 1.807) is 12.1 Å². The van der Waals surface area contributed by atoms with Crippen LogP contribution >= 0.6 is 0 Å². The fraction of sp³-hybridized carbons (Fsp3) is 0.100. The molecule has 0 aliphatic heterocycles. The highest BCUT2D eigenvalue weighted by atomic mass is 19.1. The molecule has 1 aromatic heterocycles. The van der Waals surface area contributed by atoms with Gasteiger partial charge in [0.15, 0.2) is 0 Å². The van der Waals surface area contributed by atoms with Crippen LogP contribution in [0.4, 0.5) is 4.39 Å². The Bertz CT molecular complexity index is 1010. The third kappa shape index (κ3) is 3.59. The quantitative estimate of drug-likeness (QED) is 0.587.